The largest absolute Gasteiger partial charge is 0.493 e. The van der Waals surface area contributed by atoms with Gasteiger partial charge in [-0.05, 0) is 94.1 Å². The van der Waals surface area contributed by atoms with E-state index in [2.05, 4.69) is 50.2 Å². The fraction of sp³-hybridized carbons (Fsp3) is 0.120. The second kappa shape index (κ2) is 10.0. The van der Waals surface area contributed by atoms with Crippen molar-refractivity contribution in [2.45, 2.75) is 13.5 Å². The van der Waals surface area contributed by atoms with Crippen LogP contribution in [0, 0.1) is 14.1 Å². The number of halogens is 2. The lowest BCUT2D eigenvalue weighted by atomic mass is 10.1. The van der Waals surface area contributed by atoms with E-state index in [0.717, 1.165) is 29.4 Å². The van der Waals surface area contributed by atoms with E-state index in [1.807, 2.05) is 67.6 Å². The van der Waals surface area contributed by atoms with Crippen molar-refractivity contribution in [2.75, 3.05) is 7.11 Å². The molecule has 162 valence electrons. The Hall–Kier alpha value is -2.40. The van der Waals surface area contributed by atoms with Crippen molar-refractivity contribution in [3.05, 3.63) is 95.8 Å². The third-order valence-corrected chi connectivity index (χ3v) is 6.66. The molecule has 0 N–H and O–H groups in total. The summed E-state index contributed by atoms with van der Waals surface area (Å²) in [6, 6.07) is 19.5. The maximum atomic E-state index is 12.4. The number of hydrogen-bond acceptors (Lipinski definition) is 5. The molecule has 1 aliphatic heterocycles. The summed E-state index contributed by atoms with van der Waals surface area (Å²) in [6.07, 6.45) is 1.69. The van der Waals surface area contributed by atoms with Gasteiger partial charge in [0.25, 0.3) is 0 Å². The molecule has 1 aliphatic rings. The summed E-state index contributed by atoms with van der Waals surface area (Å²) in [5.41, 5.74) is 4.00. The van der Waals surface area contributed by atoms with Gasteiger partial charge in [0.05, 0.1) is 10.7 Å². The van der Waals surface area contributed by atoms with Gasteiger partial charge >= 0.3 is 5.97 Å². The summed E-state index contributed by atoms with van der Waals surface area (Å²) in [6.45, 7) is 2.43. The Morgan fingerprint density at radius 3 is 2.50 bits per heavy atom. The summed E-state index contributed by atoms with van der Waals surface area (Å²) in [5, 5.41) is 0. The van der Waals surface area contributed by atoms with E-state index in [0.29, 0.717) is 24.0 Å². The zero-order valence-corrected chi connectivity index (χ0v) is 21.7. The van der Waals surface area contributed by atoms with Crippen LogP contribution in [0.4, 0.5) is 0 Å². The number of cyclic esters (lactones) is 1. The van der Waals surface area contributed by atoms with Gasteiger partial charge in [0.2, 0.25) is 5.90 Å². The smallest absolute Gasteiger partial charge is 0.363 e. The first-order valence-corrected chi connectivity index (χ1v) is 11.9. The maximum absolute atomic E-state index is 12.4. The predicted octanol–water partition coefficient (Wildman–Crippen LogP) is 6.14. The number of carbonyl (C=O) groups excluding carboxylic acids is 1. The Morgan fingerprint density at radius 1 is 1.03 bits per heavy atom. The van der Waals surface area contributed by atoms with E-state index >= 15 is 0 Å². The van der Waals surface area contributed by atoms with Gasteiger partial charge in [0, 0.05) is 14.7 Å². The molecule has 1 heterocycles. The standard InChI is InChI=1S/C25H19I2NO4/c1-15-7-9-17(10-8-15)24-28-21(25(29)32-24)12-16-11-20(27)23(22(13-16)30-2)31-14-18-5-3-4-6-19(18)26/h3-13H,14H2,1-2H3/b21-12-. The topological polar surface area (TPSA) is 57.1 Å². The lowest BCUT2D eigenvalue weighted by molar-refractivity contribution is -0.129. The van der Waals surface area contributed by atoms with Gasteiger partial charge < -0.3 is 14.2 Å². The number of esters is 1. The van der Waals surface area contributed by atoms with Crippen molar-refractivity contribution >= 4 is 63.1 Å². The molecule has 3 aromatic rings. The highest BCUT2D eigenvalue weighted by molar-refractivity contribution is 14.1. The molecule has 0 aromatic heterocycles. The van der Waals surface area contributed by atoms with Crippen molar-refractivity contribution in [1.82, 2.24) is 0 Å². The minimum Gasteiger partial charge on any atom is -0.493 e. The highest BCUT2D eigenvalue weighted by Crippen LogP contribution is 2.36. The van der Waals surface area contributed by atoms with E-state index < -0.39 is 5.97 Å². The first-order valence-electron chi connectivity index (χ1n) is 9.78. The molecule has 0 saturated carbocycles. The molecule has 4 rings (SSSR count). The molecule has 0 aliphatic carbocycles. The van der Waals surface area contributed by atoms with Gasteiger partial charge in [0.15, 0.2) is 17.2 Å². The quantitative estimate of drug-likeness (QED) is 0.183. The molecular formula is C25H19I2NO4. The van der Waals surface area contributed by atoms with Crippen LogP contribution < -0.4 is 9.47 Å². The molecule has 0 radical (unpaired) electrons. The van der Waals surface area contributed by atoms with Crippen LogP contribution in [0.2, 0.25) is 0 Å². The predicted molar refractivity (Wildman–Crippen MR) is 141 cm³/mol. The minimum absolute atomic E-state index is 0.242. The van der Waals surface area contributed by atoms with Crippen LogP contribution in [0.25, 0.3) is 6.08 Å². The van der Waals surface area contributed by atoms with Crippen LogP contribution in [0.3, 0.4) is 0 Å². The van der Waals surface area contributed by atoms with Crippen LogP contribution >= 0.6 is 45.2 Å². The summed E-state index contributed by atoms with van der Waals surface area (Å²) < 4.78 is 19.0. The molecule has 0 amide bonds. The molecule has 0 saturated heterocycles. The number of aryl methyl sites for hydroxylation is 1. The molecule has 0 bridgehead atoms. The monoisotopic (exact) mass is 651 g/mol. The molecule has 32 heavy (non-hydrogen) atoms. The summed E-state index contributed by atoms with van der Waals surface area (Å²) in [7, 11) is 1.60. The SMILES string of the molecule is COc1cc(/C=C2\N=C(c3ccc(C)cc3)OC2=O)cc(I)c1OCc1ccccc1I. The summed E-state index contributed by atoms with van der Waals surface area (Å²) >= 11 is 4.50. The van der Waals surface area contributed by atoms with E-state index in [9.17, 15) is 4.79 Å². The fourth-order valence-corrected chi connectivity index (χ4v) is 4.44. The number of methoxy groups -OCH3 is 1. The minimum atomic E-state index is -0.478. The van der Waals surface area contributed by atoms with Gasteiger partial charge in [-0.15, -0.1) is 0 Å². The molecule has 0 fully saturated rings. The van der Waals surface area contributed by atoms with Crippen LogP contribution in [-0.4, -0.2) is 19.0 Å². The van der Waals surface area contributed by atoms with E-state index in [4.69, 9.17) is 14.2 Å². The maximum Gasteiger partial charge on any atom is 0.363 e. The highest BCUT2D eigenvalue weighted by Gasteiger charge is 2.24. The first-order chi connectivity index (χ1) is 15.4. The second-order valence-electron chi connectivity index (χ2n) is 7.12. The van der Waals surface area contributed by atoms with Gasteiger partial charge in [-0.25, -0.2) is 9.79 Å². The Morgan fingerprint density at radius 2 is 1.78 bits per heavy atom. The van der Waals surface area contributed by atoms with Crippen LogP contribution in [0.1, 0.15) is 22.3 Å². The number of carbonyl (C=O) groups is 1. The third-order valence-electron chi connectivity index (χ3n) is 4.80. The zero-order chi connectivity index (χ0) is 22.7. The van der Waals surface area contributed by atoms with Crippen molar-refractivity contribution in [3.8, 4) is 11.5 Å². The zero-order valence-electron chi connectivity index (χ0n) is 17.4. The fourth-order valence-electron chi connectivity index (χ4n) is 3.12. The van der Waals surface area contributed by atoms with Crippen molar-refractivity contribution < 1.29 is 19.0 Å². The van der Waals surface area contributed by atoms with Gasteiger partial charge in [0.1, 0.15) is 6.61 Å². The molecule has 0 unspecified atom stereocenters. The summed E-state index contributed by atoms with van der Waals surface area (Å²) in [5.74, 6) is 1.07. The molecular weight excluding hydrogens is 632 g/mol. The number of ether oxygens (including phenoxy) is 3. The van der Waals surface area contributed by atoms with E-state index in [-0.39, 0.29) is 5.70 Å². The van der Waals surface area contributed by atoms with Crippen LogP contribution in [0.5, 0.6) is 11.5 Å². The average molecular weight is 651 g/mol. The van der Waals surface area contributed by atoms with Crippen molar-refractivity contribution in [2.24, 2.45) is 4.99 Å². The van der Waals surface area contributed by atoms with Crippen LogP contribution in [-0.2, 0) is 16.1 Å². The van der Waals surface area contributed by atoms with E-state index in [1.165, 1.54) is 0 Å². The molecule has 3 aromatic carbocycles. The van der Waals surface area contributed by atoms with Gasteiger partial charge in [-0.3, -0.25) is 0 Å². The van der Waals surface area contributed by atoms with E-state index in [1.54, 1.807) is 13.2 Å². The average Bonchev–Trinajstić information content (AvgIpc) is 3.14. The number of aliphatic imine (C=N–C) groups is 1. The van der Waals surface area contributed by atoms with Gasteiger partial charge in [-0.2, -0.15) is 0 Å². The Bertz CT molecular complexity index is 1230. The van der Waals surface area contributed by atoms with Crippen LogP contribution in [0.15, 0.2) is 71.4 Å². The van der Waals surface area contributed by atoms with Gasteiger partial charge in [-0.1, -0.05) is 35.9 Å². The number of nitrogens with zero attached hydrogens (tertiary/aromatic N) is 1. The molecule has 0 atom stereocenters. The van der Waals surface area contributed by atoms with Crippen molar-refractivity contribution in [3.63, 3.8) is 0 Å². The number of benzene rings is 3. The Labute approximate surface area is 213 Å². The molecule has 7 heteroatoms. The lowest BCUT2D eigenvalue weighted by Crippen LogP contribution is -2.05. The van der Waals surface area contributed by atoms with Crippen molar-refractivity contribution in [1.29, 1.82) is 0 Å². The molecule has 0 spiro atoms. The molecule has 5 nitrogen and oxygen atoms in total. The normalized spacial score (nSPS) is 14.3. The highest BCUT2D eigenvalue weighted by atomic mass is 127. The lowest BCUT2D eigenvalue weighted by Gasteiger charge is -2.14. The first kappa shape index (κ1) is 22.8. The summed E-state index contributed by atoms with van der Waals surface area (Å²) in [4.78, 5) is 16.8. The Kier molecular flexibility index (Phi) is 7.14. The second-order valence-corrected chi connectivity index (χ2v) is 9.44. The third kappa shape index (κ3) is 5.15. The number of hydrogen-bond donors (Lipinski definition) is 0. The Balaban J connectivity index is 1.59. The number of rotatable bonds is 6.